The molecule has 0 unspecified atom stereocenters. The zero-order valence-corrected chi connectivity index (χ0v) is 6.39. The van der Waals surface area contributed by atoms with Crippen LogP contribution in [0.3, 0.4) is 0 Å². The molecule has 0 aromatic rings. The first kappa shape index (κ1) is 6.34. The van der Waals surface area contributed by atoms with E-state index in [9.17, 15) is 13.2 Å². The summed E-state index contributed by atoms with van der Waals surface area (Å²) in [5.74, 6) is 0.340. The molecule has 0 radical (unpaired) electrons. The monoisotopic (exact) mass is 160 g/mol. The van der Waals surface area contributed by atoms with Crippen LogP contribution in [0.1, 0.15) is 6.92 Å². The molecule has 0 aromatic carbocycles. The largest absolute Gasteiger partial charge is 0.298 e. The van der Waals surface area contributed by atoms with E-state index in [0.717, 1.165) is 0 Å². The highest BCUT2D eigenvalue weighted by Gasteiger charge is 2.62. The smallest absolute Gasteiger partial charge is 0.160 e. The first-order chi connectivity index (χ1) is 4.54. The summed E-state index contributed by atoms with van der Waals surface area (Å²) in [7, 11) is -2.95. The number of sulfone groups is 1. The number of rotatable bonds is 0. The summed E-state index contributed by atoms with van der Waals surface area (Å²) in [6, 6.07) is 0. The Kier molecular flexibility index (Phi) is 0.915. The lowest BCUT2D eigenvalue weighted by Crippen LogP contribution is -2.66. The Hall–Kier alpha value is -0.380. The molecular formula is C6H8O3S. The minimum absolute atomic E-state index is 0.00789. The summed E-state index contributed by atoms with van der Waals surface area (Å²) < 4.78 is 21.6. The van der Waals surface area contributed by atoms with Crippen LogP contribution in [0.25, 0.3) is 0 Å². The first-order valence-electron chi connectivity index (χ1n) is 3.29. The van der Waals surface area contributed by atoms with Gasteiger partial charge in [-0.25, -0.2) is 8.42 Å². The lowest BCUT2D eigenvalue weighted by molar-refractivity contribution is -0.132. The van der Waals surface area contributed by atoms with Crippen LogP contribution < -0.4 is 0 Å². The molecule has 1 saturated carbocycles. The number of hydrogen-bond acceptors (Lipinski definition) is 3. The van der Waals surface area contributed by atoms with Crippen LogP contribution in [0.15, 0.2) is 0 Å². The van der Waals surface area contributed by atoms with Crippen LogP contribution in [0.2, 0.25) is 0 Å². The lowest BCUT2D eigenvalue weighted by atomic mass is 9.73. The van der Waals surface area contributed by atoms with Crippen LogP contribution in [-0.4, -0.2) is 25.2 Å². The van der Waals surface area contributed by atoms with Gasteiger partial charge in [0.2, 0.25) is 0 Å². The average Bonchev–Trinajstić information content (AvgIpc) is 1.83. The van der Waals surface area contributed by atoms with Crippen molar-refractivity contribution in [3.8, 4) is 0 Å². The van der Waals surface area contributed by atoms with Gasteiger partial charge in [0, 0.05) is 11.8 Å². The fourth-order valence-corrected chi connectivity index (χ4v) is 4.05. The summed E-state index contributed by atoms with van der Waals surface area (Å²) in [5.41, 5.74) is 0. The first-order valence-corrected chi connectivity index (χ1v) is 5.01. The van der Waals surface area contributed by atoms with Crippen LogP contribution in [0.5, 0.6) is 0 Å². The predicted molar refractivity (Wildman–Crippen MR) is 35.2 cm³/mol. The number of carbonyl (C=O) groups excluding carboxylic acids is 1. The molecule has 1 saturated heterocycles. The highest BCUT2D eigenvalue weighted by molar-refractivity contribution is 7.94. The van der Waals surface area contributed by atoms with Crippen molar-refractivity contribution in [2.75, 3.05) is 5.75 Å². The third kappa shape index (κ3) is 0.471. The third-order valence-electron chi connectivity index (χ3n) is 2.57. The summed E-state index contributed by atoms with van der Waals surface area (Å²) in [6.07, 6.45) is 0. The van der Waals surface area contributed by atoms with Crippen molar-refractivity contribution in [2.24, 2.45) is 11.8 Å². The second kappa shape index (κ2) is 1.44. The molecule has 2 aliphatic rings. The fraction of sp³-hybridized carbons (Fsp3) is 0.833. The number of Topliss-reactive ketones (excluding diaryl/α,β-unsaturated/α-hetero) is 1. The molecule has 4 heteroatoms. The molecule has 3 atom stereocenters. The zero-order valence-electron chi connectivity index (χ0n) is 5.57. The van der Waals surface area contributed by atoms with E-state index in [1.807, 2.05) is 0 Å². The Labute approximate surface area is 59.3 Å². The molecule has 2 fully saturated rings. The van der Waals surface area contributed by atoms with Gasteiger partial charge in [-0.05, 0) is 0 Å². The quantitative estimate of drug-likeness (QED) is 0.485. The molecular weight excluding hydrogens is 152 g/mol. The molecule has 0 N–H and O–H groups in total. The predicted octanol–water partition coefficient (Wildman–Crippen LogP) is -0.382. The van der Waals surface area contributed by atoms with E-state index in [4.69, 9.17) is 0 Å². The second-order valence-electron chi connectivity index (χ2n) is 3.11. The highest BCUT2D eigenvalue weighted by Crippen LogP contribution is 2.45. The number of hydrogen-bond donors (Lipinski definition) is 0. The van der Waals surface area contributed by atoms with Gasteiger partial charge in [0.15, 0.2) is 15.6 Å². The van der Waals surface area contributed by atoms with Gasteiger partial charge in [-0.1, -0.05) is 6.92 Å². The van der Waals surface area contributed by atoms with Crippen molar-refractivity contribution in [1.82, 2.24) is 0 Å². The van der Waals surface area contributed by atoms with E-state index < -0.39 is 15.1 Å². The van der Waals surface area contributed by atoms with Crippen LogP contribution in [0.4, 0.5) is 0 Å². The number of ketones is 1. The molecule has 3 nitrogen and oxygen atoms in total. The Bertz CT molecular complexity index is 290. The summed E-state index contributed by atoms with van der Waals surface area (Å²) in [4.78, 5) is 10.9. The fourth-order valence-electron chi connectivity index (χ4n) is 1.75. The minimum Gasteiger partial charge on any atom is -0.298 e. The van der Waals surface area contributed by atoms with Crippen molar-refractivity contribution in [3.05, 3.63) is 0 Å². The summed E-state index contributed by atoms with van der Waals surface area (Å²) >= 11 is 0. The van der Waals surface area contributed by atoms with Crippen molar-refractivity contribution in [2.45, 2.75) is 12.2 Å². The molecule has 56 valence electrons. The zero-order chi connectivity index (χ0) is 7.52. The normalized spacial score (nSPS) is 48.9. The second-order valence-corrected chi connectivity index (χ2v) is 5.27. The van der Waals surface area contributed by atoms with Crippen molar-refractivity contribution < 1.29 is 13.2 Å². The standard InChI is InChI=1S/C6H8O3S/c1-3-4-2-10(8,9)6(4)5(3)7/h3-4,6H,2H2,1H3/t3-,4-,6-/m0/s1. The van der Waals surface area contributed by atoms with Crippen molar-refractivity contribution in [3.63, 3.8) is 0 Å². The van der Waals surface area contributed by atoms with E-state index >= 15 is 0 Å². The number of fused-ring (bicyclic) bond motifs is 1. The van der Waals surface area contributed by atoms with Gasteiger partial charge in [-0.3, -0.25) is 4.79 Å². The molecule has 0 bridgehead atoms. The molecule has 2 rings (SSSR count). The SMILES string of the molecule is C[C@@H]1C(=O)[C@@H]2[C@H]1CS2(=O)=O. The van der Waals surface area contributed by atoms with Crippen LogP contribution >= 0.6 is 0 Å². The van der Waals surface area contributed by atoms with Gasteiger partial charge >= 0.3 is 0 Å². The Morgan fingerprint density at radius 3 is 2.40 bits per heavy atom. The summed E-state index contributed by atoms with van der Waals surface area (Å²) in [6.45, 7) is 1.80. The van der Waals surface area contributed by atoms with Gasteiger partial charge < -0.3 is 0 Å². The van der Waals surface area contributed by atoms with E-state index in [1.165, 1.54) is 0 Å². The third-order valence-corrected chi connectivity index (χ3v) is 4.78. The Balaban J connectivity index is 2.31. The Morgan fingerprint density at radius 1 is 1.50 bits per heavy atom. The van der Waals surface area contributed by atoms with Crippen LogP contribution in [0, 0.1) is 11.8 Å². The molecule has 0 aromatic heterocycles. The molecule has 1 heterocycles. The van der Waals surface area contributed by atoms with E-state index in [0.29, 0.717) is 0 Å². The van der Waals surface area contributed by atoms with E-state index in [-0.39, 0.29) is 23.4 Å². The van der Waals surface area contributed by atoms with Crippen molar-refractivity contribution >= 4 is 15.6 Å². The summed E-state index contributed by atoms with van der Waals surface area (Å²) in [5, 5.41) is -0.595. The Morgan fingerprint density at radius 2 is 2.10 bits per heavy atom. The van der Waals surface area contributed by atoms with E-state index in [2.05, 4.69) is 0 Å². The topological polar surface area (TPSA) is 51.2 Å². The van der Waals surface area contributed by atoms with Gasteiger partial charge in [-0.2, -0.15) is 0 Å². The maximum atomic E-state index is 10.9. The average molecular weight is 160 g/mol. The van der Waals surface area contributed by atoms with E-state index in [1.54, 1.807) is 6.92 Å². The van der Waals surface area contributed by atoms with Gasteiger partial charge in [-0.15, -0.1) is 0 Å². The minimum atomic E-state index is -2.95. The van der Waals surface area contributed by atoms with Gasteiger partial charge in [0.1, 0.15) is 5.25 Å². The maximum absolute atomic E-state index is 10.9. The van der Waals surface area contributed by atoms with Gasteiger partial charge in [0.25, 0.3) is 0 Å². The van der Waals surface area contributed by atoms with Gasteiger partial charge in [0.05, 0.1) is 5.75 Å². The lowest BCUT2D eigenvalue weighted by Gasteiger charge is -2.48. The molecule has 1 aliphatic carbocycles. The molecule has 0 spiro atoms. The van der Waals surface area contributed by atoms with Crippen LogP contribution in [-0.2, 0) is 14.6 Å². The molecule has 1 aliphatic heterocycles. The maximum Gasteiger partial charge on any atom is 0.160 e. The molecule has 10 heavy (non-hydrogen) atoms. The van der Waals surface area contributed by atoms with Crippen molar-refractivity contribution in [1.29, 1.82) is 0 Å². The number of carbonyl (C=O) groups is 1. The molecule has 0 amide bonds. The highest BCUT2D eigenvalue weighted by atomic mass is 32.2.